The summed E-state index contributed by atoms with van der Waals surface area (Å²) in [5.74, 6) is 0.0216. The maximum atomic E-state index is 13.4. The lowest BCUT2D eigenvalue weighted by Gasteiger charge is -2.02. The second-order valence-corrected chi connectivity index (χ2v) is 5.03. The Morgan fingerprint density at radius 2 is 2.16 bits per heavy atom. The molecule has 0 aliphatic rings. The van der Waals surface area contributed by atoms with E-state index in [2.05, 4.69) is 19.9 Å². The molecular formula is C12H8ClFN4S. The lowest BCUT2D eigenvalue weighted by Crippen LogP contribution is -1.93. The minimum Gasteiger partial charge on any atom is -0.345 e. The topological polar surface area (TPSA) is 54.5 Å². The van der Waals surface area contributed by atoms with Crippen LogP contribution in [0, 0.1) is 5.82 Å². The predicted molar refractivity (Wildman–Crippen MR) is 73.9 cm³/mol. The molecule has 0 radical (unpaired) electrons. The summed E-state index contributed by atoms with van der Waals surface area (Å²) in [5, 5.41) is 1.65. The van der Waals surface area contributed by atoms with Crippen molar-refractivity contribution in [1.82, 2.24) is 19.9 Å². The standard InChI is InChI=1S/C12H8ClFN4S/c1-19-12-9(14)5-17-11(18-12)8-4-16-10-7(8)2-6(13)3-15-10/h2-5H,1H3,(H,15,16). The maximum Gasteiger partial charge on any atom is 0.173 e. The highest BCUT2D eigenvalue weighted by atomic mass is 35.5. The molecule has 0 aliphatic carbocycles. The van der Waals surface area contributed by atoms with E-state index in [9.17, 15) is 4.39 Å². The van der Waals surface area contributed by atoms with Gasteiger partial charge < -0.3 is 4.98 Å². The Kier molecular flexibility index (Phi) is 3.12. The number of thioether (sulfide) groups is 1. The first-order chi connectivity index (χ1) is 9.19. The molecule has 19 heavy (non-hydrogen) atoms. The summed E-state index contributed by atoms with van der Waals surface area (Å²) in [6.07, 6.45) is 6.24. The highest BCUT2D eigenvalue weighted by molar-refractivity contribution is 7.98. The van der Waals surface area contributed by atoms with Gasteiger partial charge in [-0.15, -0.1) is 11.8 Å². The zero-order chi connectivity index (χ0) is 13.4. The molecule has 3 aromatic heterocycles. The van der Waals surface area contributed by atoms with Gasteiger partial charge in [0.2, 0.25) is 0 Å². The molecule has 96 valence electrons. The molecule has 0 bridgehead atoms. The third-order valence-corrected chi connectivity index (χ3v) is 3.52. The summed E-state index contributed by atoms with van der Waals surface area (Å²) in [5.41, 5.74) is 1.44. The van der Waals surface area contributed by atoms with E-state index in [1.807, 2.05) is 0 Å². The van der Waals surface area contributed by atoms with Gasteiger partial charge >= 0.3 is 0 Å². The largest absolute Gasteiger partial charge is 0.345 e. The van der Waals surface area contributed by atoms with E-state index in [4.69, 9.17) is 11.6 Å². The zero-order valence-electron chi connectivity index (χ0n) is 9.82. The fraction of sp³-hybridized carbons (Fsp3) is 0.0833. The highest BCUT2D eigenvalue weighted by Gasteiger charge is 2.12. The second-order valence-electron chi connectivity index (χ2n) is 3.80. The molecule has 0 spiro atoms. The smallest absolute Gasteiger partial charge is 0.173 e. The van der Waals surface area contributed by atoms with Gasteiger partial charge in [0.1, 0.15) is 10.7 Å². The van der Waals surface area contributed by atoms with Crippen LogP contribution in [0.3, 0.4) is 0 Å². The van der Waals surface area contributed by atoms with E-state index in [1.165, 1.54) is 18.0 Å². The Labute approximate surface area is 117 Å². The van der Waals surface area contributed by atoms with Crippen LogP contribution >= 0.6 is 23.4 Å². The Hall–Kier alpha value is -1.66. The molecule has 0 unspecified atom stereocenters. The summed E-state index contributed by atoms with van der Waals surface area (Å²) in [4.78, 5) is 15.4. The van der Waals surface area contributed by atoms with Gasteiger partial charge in [0.25, 0.3) is 0 Å². The first-order valence-electron chi connectivity index (χ1n) is 5.38. The van der Waals surface area contributed by atoms with Crippen LogP contribution in [0.15, 0.2) is 29.7 Å². The van der Waals surface area contributed by atoms with Gasteiger partial charge in [0.15, 0.2) is 11.6 Å². The van der Waals surface area contributed by atoms with Gasteiger partial charge in [-0.25, -0.2) is 19.3 Å². The second kappa shape index (κ2) is 4.79. The number of pyridine rings is 1. The average Bonchev–Trinajstić information content (AvgIpc) is 2.82. The van der Waals surface area contributed by atoms with E-state index >= 15 is 0 Å². The van der Waals surface area contributed by atoms with Crippen molar-refractivity contribution in [3.8, 4) is 11.4 Å². The molecule has 0 aliphatic heterocycles. The van der Waals surface area contributed by atoms with Crippen molar-refractivity contribution in [1.29, 1.82) is 0 Å². The number of nitrogens with zero attached hydrogens (tertiary/aromatic N) is 3. The Balaban J connectivity index is 2.21. The number of halogens is 2. The molecule has 7 heteroatoms. The van der Waals surface area contributed by atoms with Gasteiger partial charge in [-0.2, -0.15) is 0 Å². The first kappa shape index (κ1) is 12.4. The van der Waals surface area contributed by atoms with Crippen LogP contribution in [0.1, 0.15) is 0 Å². The van der Waals surface area contributed by atoms with Crippen molar-refractivity contribution in [2.75, 3.05) is 6.26 Å². The molecule has 1 N–H and O–H groups in total. The normalized spacial score (nSPS) is 11.1. The van der Waals surface area contributed by atoms with Crippen molar-refractivity contribution in [3.05, 3.63) is 35.5 Å². The fourth-order valence-electron chi connectivity index (χ4n) is 1.79. The quantitative estimate of drug-likeness (QED) is 0.580. The number of hydrogen-bond acceptors (Lipinski definition) is 4. The van der Waals surface area contributed by atoms with Crippen LogP contribution in [-0.4, -0.2) is 26.2 Å². The fourth-order valence-corrected chi connectivity index (χ4v) is 2.37. The van der Waals surface area contributed by atoms with Crippen LogP contribution in [0.2, 0.25) is 5.02 Å². The van der Waals surface area contributed by atoms with E-state index in [0.29, 0.717) is 21.5 Å². The Morgan fingerprint density at radius 3 is 2.95 bits per heavy atom. The summed E-state index contributed by atoms with van der Waals surface area (Å²) in [6.45, 7) is 0. The van der Waals surface area contributed by atoms with Crippen LogP contribution in [0.25, 0.3) is 22.4 Å². The first-order valence-corrected chi connectivity index (χ1v) is 6.99. The number of fused-ring (bicyclic) bond motifs is 1. The molecule has 0 fully saturated rings. The predicted octanol–water partition coefficient (Wildman–Crippen LogP) is 3.53. The van der Waals surface area contributed by atoms with Crippen molar-refractivity contribution in [2.24, 2.45) is 0 Å². The lowest BCUT2D eigenvalue weighted by atomic mass is 10.2. The Morgan fingerprint density at radius 1 is 1.32 bits per heavy atom. The van der Waals surface area contributed by atoms with Crippen molar-refractivity contribution in [2.45, 2.75) is 5.03 Å². The third-order valence-electron chi connectivity index (χ3n) is 2.64. The molecular weight excluding hydrogens is 287 g/mol. The SMILES string of the molecule is CSc1nc(-c2c[nH]c3ncc(Cl)cc23)ncc1F. The summed E-state index contributed by atoms with van der Waals surface area (Å²) < 4.78 is 13.4. The monoisotopic (exact) mass is 294 g/mol. The number of H-pyrrole nitrogens is 1. The lowest BCUT2D eigenvalue weighted by molar-refractivity contribution is 0.580. The van der Waals surface area contributed by atoms with Gasteiger partial charge in [-0.3, -0.25) is 0 Å². The van der Waals surface area contributed by atoms with Gasteiger partial charge in [0, 0.05) is 23.3 Å². The number of hydrogen-bond donors (Lipinski definition) is 1. The van der Waals surface area contributed by atoms with Gasteiger partial charge in [-0.1, -0.05) is 11.6 Å². The molecule has 3 aromatic rings. The molecule has 0 atom stereocenters. The number of aromatic nitrogens is 4. The van der Waals surface area contributed by atoms with E-state index < -0.39 is 5.82 Å². The molecule has 4 nitrogen and oxygen atoms in total. The van der Waals surface area contributed by atoms with Crippen LogP contribution in [0.4, 0.5) is 4.39 Å². The molecule has 0 aromatic carbocycles. The third kappa shape index (κ3) is 2.17. The zero-order valence-corrected chi connectivity index (χ0v) is 11.4. The molecule has 0 saturated heterocycles. The summed E-state index contributed by atoms with van der Waals surface area (Å²) >= 11 is 7.17. The number of nitrogens with one attached hydrogen (secondary N) is 1. The minimum absolute atomic E-state index is 0.314. The van der Waals surface area contributed by atoms with E-state index in [1.54, 1.807) is 24.7 Å². The van der Waals surface area contributed by atoms with Crippen LogP contribution in [0.5, 0.6) is 0 Å². The maximum absolute atomic E-state index is 13.4. The van der Waals surface area contributed by atoms with Crippen molar-refractivity contribution in [3.63, 3.8) is 0 Å². The summed E-state index contributed by atoms with van der Waals surface area (Å²) in [6, 6.07) is 1.78. The van der Waals surface area contributed by atoms with Crippen LogP contribution < -0.4 is 0 Å². The molecule has 0 amide bonds. The average molecular weight is 295 g/mol. The van der Waals surface area contributed by atoms with Gasteiger partial charge in [-0.05, 0) is 12.3 Å². The number of aromatic amines is 1. The highest BCUT2D eigenvalue weighted by Crippen LogP contribution is 2.28. The molecule has 0 saturated carbocycles. The molecule has 3 heterocycles. The van der Waals surface area contributed by atoms with Gasteiger partial charge in [0.05, 0.1) is 11.2 Å². The minimum atomic E-state index is -0.424. The van der Waals surface area contributed by atoms with Crippen molar-refractivity contribution < 1.29 is 4.39 Å². The Bertz CT molecular complexity index is 759. The van der Waals surface area contributed by atoms with Crippen molar-refractivity contribution >= 4 is 34.4 Å². The van der Waals surface area contributed by atoms with E-state index in [-0.39, 0.29) is 0 Å². The molecule has 3 rings (SSSR count). The number of rotatable bonds is 2. The van der Waals surface area contributed by atoms with Crippen LogP contribution in [-0.2, 0) is 0 Å². The summed E-state index contributed by atoms with van der Waals surface area (Å²) in [7, 11) is 0. The van der Waals surface area contributed by atoms with E-state index in [0.717, 1.165) is 10.9 Å².